The fraction of sp³-hybridized carbons (Fsp3) is 0.636. The van der Waals surface area contributed by atoms with Crippen molar-refractivity contribution in [2.24, 2.45) is 0 Å². The van der Waals surface area contributed by atoms with Crippen LogP contribution in [0.15, 0.2) is 16.5 Å². The van der Waals surface area contributed by atoms with E-state index in [4.69, 9.17) is 4.42 Å². The fourth-order valence-electron chi connectivity index (χ4n) is 1.06. The number of furan rings is 1. The van der Waals surface area contributed by atoms with Gasteiger partial charge in [0.15, 0.2) is 5.88 Å². The molecule has 1 heterocycles. The SMILES string of the molecule is CCc1ccc(NC(C)(C)CC)o1. The molecule has 0 spiro atoms. The number of aryl methyl sites for hydroxylation is 1. The topological polar surface area (TPSA) is 25.2 Å². The van der Waals surface area contributed by atoms with E-state index in [1.807, 2.05) is 12.1 Å². The minimum absolute atomic E-state index is 0.114. The molecule has 2 nitrogen and oxygen atoms in total. The van der Waals surface area contributed by atoms with E-state index in [1.165, 1.54) is 0 Å². The first-order valence-corrected chi connectivity index (χ1v) is 4.94. The summed E-state index contributed by atoms with van der Waals surface area (Å²) in [5.41, 5.74) is 0.114. The quantitative estimate of drug-likeness (QED) is 0.769. The monoisotopic (exact) mass is 181 g/mol. The molecular formula is C11H19NO. The Morgan fingerprint density at radius 3 is 2.46 bits per heavy atom. The van der Waals surface area contributed by atoms with Gasteiger partial charge in [0.05, 0.1) is 0 Å². The summed E-state index contributed by atoms with van der Waals surface area (Å²) in [7, 11) is 0. The van der Waals surface area contributed by atoms with Crippen LogP contribution in [0.2, 0.25) is 0 Å². The Kier molecular flexibility index (Phi) is 3.02. The van der Waals surface area contributed by atoms with E-state index in [0.717, 1.165) is 24.5 Å². The summed E-state index contributed by atoms with van der Waals surface area (Å²) in [5.74, 6) is 1.91. The van der Waals surface area contributed by atoms with Gasteiger partial charge in [-0.15, -0.1) is 0 Å². The summed E-state index contributed by atoms with van der Waals surface area (Å²) in [6.45, 7) is 8.59. The second-order valence-corrected chi connectivity index (χ2v) is 3.98. The van der Waals surface area contributed by atoms with Gasteiger partial charge in [-0.1, -0.05) is 13.8 Å². The molecule has 0 unspecified atom stereocenters. The van der Waals surface area contributed by atoms with Gasteiger partial charge in [-0.25, -0.2) is 0 Å². The predicted molar refractivity (Wildman–Crippen MR) is 56.1 cm³/mol. The zero-order valence-corrected chi connectivity index (χ0v) is 8.98. The molecule has 1 aromatic heterocycles. The van der Waals surface area contributed by atoms with Crippen LogP contribution in [0.25, 0.3) is 0 Å². The summed E-state index contributed by atoms with van der Waals surface area (Å²) < 4.78 is 5.56. The summed E-state index contributed by atoms with van der Waals surface area (Å²) >= 11 is 0. The highest BCUT2D eigenvalue weighted by atomic mass is 16.4. The zero-order valence-electron chi connectivity index (χ0n) is 8.98. The van der Waals surface area contributed by atoms with E-state index < -0.39 is 0 Å². The maximum atomic E-state index is 5.56. The van der Waals surface area contributed by atoms with Crippen LogP contribution in [0.3, 0.4) is 0 Å². The largest absolute Gasteiger partial charge is 0.446 e. The highest BCUT2D eigenvalue weighted by molar-refractivity contribution is 5.35. The van der Waals surface area contributed by atoms with Crippen molar-refractivity contribution in [1.29, 1.82) is 0 Å². The Hall–Kier alpha value is -0.920. The molecule has 1 rings (SSSR count). The van der Waals surface area contributed by atoms with E-state index in [-0.39, 0.29) is 5.54 Å². The Morgan fingerprint density at radius 1 is 1.31 bits per heavy atom. The van der Waals surface area contributed by atoms with E-state index in [0.29, 0.717) is 0 Å². The van der Waals surface area contributed by atoms with Gasteiger partial charge in [0.1, 0.15) is 5.76 Å². The first-order chi connectivity index (χ1) is 6.07. The molecule has 74 valence electrons. The molecule has 0 aliphatic rings. The molecule has 0 aliphatic heterocycles. The molecule has 0 saturated carbocycles. The minimum atomic E-state index is 0.114. The lowest BCUT2D eigenvalue weighted by atomic mass is 10.0. The molecule has 2 heteroatoms. The van der Waals surface area contributed by atoms with Crippen molar-refractivity contribution in [2.75, 3.05) is 5.32 Å². The molecule has 0 saturated heterocycles. The first-order valence-electron chi connectivity index (χ1n) is 4.94. The second kappa shape index (κ2) is 3.86. The molecule has 1 N–H and O–H groups in total. The van der Waals surface area contributed by atoms with Crippen LogP contribution >= 0.6 is 0 Å². The smallest absolute Gasteiger partial charge is 0.193 e. The third-order valence-electron chi connectivity index (χ3n) is 2.36. The Balaban J connectivity index is 2.63. The lowest BCUT2D eigenvalue weighted by molar-refractivity contribution is 0.482. The molecule has 0 amide bonds. The van der Waals surface area contributed by atoms with Crippen LogP contribution in [0.1, 0.15) is 39.9 Å². The molecule has 13 heavy (non-hydrogen) atoms. The van der Waals surface area contributed by atoms with Crippen molar-refractivity contribution < 1.29 is 4.42 Å². The minimum Gasteiger partial charge on any atom is -0.446 e. The number of rotatable bonds is 4. The van der Waals surface area contributed by atoms with E-state index in [2.05, 4.69) is 33.0 Å². The van der Waals surface area contributed by atoms with E-state index >= 15 is 0 Å². The number of hydrogen-bond acceptors (Lipinski definition) is 2. The van der Waals surface area contributed by atoms with Gasteiger partial charge in [0, 0.05) is 18.0 Å². The lowest BCUT2D eigenvalue weighted by Crippen LogP contribution is -2.29. The van der Waals surface area contributed by atoms with Gasteiger partial charge in [0.2, 0.25) is 0 Å². The van der Waals surface area contributed by atoms with Crippen LogP contribution in [0, 0.1) is 0 Å². The maximum absolute atomic E-state index is 5.56. The lowest BCUT2D eigenvalue weighted by Gasteiger charge is -2.23. The Labute approximate surface area is 80.3 Å². The van der Waals surface area contributed by atoms with Crippen LogP contribution in [0.5, 0.6) is 0 Å². The van der Waals surface area contributed by atoms with Crippen LogP contribution < -0.4 is 5.32 Å². The summed E-state index contributed by atoms with van der Waals surface area (Å²) in [4.78, 5) is 0. The van der Waals surface area contributed by atoms with Gasteiger partial charge in [-0.05, 0) is 26.3 Å². The van der Waals surface area contributed by atoms with Crippen molar-refractivity contribution in [2.45, 2.75) is 46.1 Å². The maximum Gasteiger partial charge on any atom is 0.193 e. The van der Waals surface area contributed by atoms with E-state index in [9.17, 15) is 0 Å². The molecule has 0 fully saturated rings. The van der Waals surface area contributed by atoms with Gasteiger partial charge in [0.25, 0.3) is 0 Å². The summed E-state index contributed by atoms with van der Waals surface area (Å²) in [6.07, 6.45) is 2.03. The van der Waals surface area contributed by atoms with Crippen molar-refractivity contribution in [3.8, 4) is 0 Å². The average molecular weight is 181 g/mol. The number of anilines is 1. The molecule has 0 atom stereocenters. The van der Waals surface area contributed by atoms with Gasteiger partial charge >= 0.3 is 0 Å². The molecule has 0 radical (unpaired) electrons. The highest BCUT2D eigenvalue weighted by Crippen LogP contribution is 2.20. The van der Waals surface area contributed by atoms with Crippen molar-refractivity contribution in [1.82, 2.24) is 0 Å². The molecule has 0 bridgehead atoms. The fourth-order valence-corrected chi connectivity index (χ4v) is 1.06. The Morgan fingerprint density at radius 2 is 2.00 bits per heavy atom. The van der Waals surface area contributed by atoms with Crippen LogP contribution in [0.4, 0.5) is 5.88 Å². The number of nitrogens with one attached hydrogen (secondary N) is 1. The second-order valence-electron chi connectivity index (χ2n) is 3.98. The van der Waals surface area contributed by atoms with Crippen molar-refractivity contribution >= 4 is 5.88 Å². The van der Waals surface area contributed by atoms with Gasteiger partial charge in [-0.3, -0.25) is 0 Å². The van der Waals surface area contributed by atoms with Crippen molar-refractivity contribution in [3.63, 3.8) is 0 Å². The van der Waals surface area contributed by atoms with Crippen molar-refractivity contribution in [3.05, 3.63) is 17.9 Å². The average Bonchev–Trinajstić information content (AvgIpc) is 2.52. The third kappa shape index (κ3) is 2.79. The zero-order chi connectivity index (χ0) is 9.90. The highest BCUT2D eigenvalue weighted by Gasteiger charge is 2.15. The van der Waals surface area contributed by atoms with Gasteiger partial charge in [-0.2, -0.15) is 0 Å². The number of hydrogen-bond donors (Lipinski definition) is 1. The normalized spacial score (nSPS) is 11.7. The molecule has 0 aromatic carbocycles. The molecule has 1 aromatic rings. The Bertz CT molecular complexity index is 263. The van der Waals surface area contributed by atoms with Crippen LogP contribution in [-0.2, 0) is 6.42 Å². The third-order valence-corrected chi connectivity index (χ3v) is 2.36. The van der Waals surface area contributed by atoms with Crippen LogP contribution in [-0.4, -0.2) is 5.54 Å². The summed E-state index contributed by atoms with van der Waals surface area (Å²) in [6, 6.07) is 4.02. The summed E-state index contributed by atoms with van der Waals surface area (Å²) in [5, 5.41) is 3.36. The standard InChI is InChI=1S/C11H19NO/c1-5-9-7-8-10(13-9)12-11(3,4)6-2/h7-8,12H,5-6H2,1-4H3. The van der Waals surface area contributed by atoms with Gasteiger partial charge < -0.3 is 9.73 Å². The first kappa shape index (κ1) is 10.2. The van der Waals surface area contributed by atoms with E-state index in [1.54, 1.807) is 0 Å². The predicted octanol–water partition coefficient (Wildman–Crippen LogP) is 3.44. The molecular weight excluding hydrogens is 162 g/mol. The molecule has 0 aliphatic carbocycles.